The summed E-state index contributed by atoms with van der Waals surface area (Å²) in [6, 6.07) is -0.992. The maximum atomic E-state index is 11.7. The lowest BCUT2D eigenvalue weighted by molar-refractivity contribution is -0.222. The first-order valence-corrected chi connectivity index (χ1v) is 5.93. The Kier molecular flexibility index (Phi) is 5.25. The van der Waals surface area contributed by atoms with Gasteiger partial charge in [-0.2, -0.15) is 0 Å². The molecule has 19 heavy (non-hydrogen) atoms. The predicted molar refractivity (Wildman–Crippen MR) is 63.0 cm³/mol. The summed E-state index contributed by atoms with van der Waals surface area (Å²) in [5.41, 5.74) is 4.23. The smallest absolute Gasteiger partial charge is 0.337 e. The molecule has 0 aromatic heterocycles. The van der Waals surface area contributed by atoms with Crippen LogP contribution in [0.15, 0.2) is 0 Å². The number of nitrogens with two attached hydrogens (primary N) is 1. The average molecular weight is 279 g/mol. The normalized spacial score (nSPS) is 38.6. The Morgan fingerprint density at radius 3 is 2.63 bits per heavy atom. The van der Waals surface area contributed by atoms with E-state index < -0.39 is 48.6 Å². The minimum atomic E-state index is -1.53. The molecule has 0 aromatic rings. The zero-order chi connectivity index (χ0) is 14.8. The minimum absolute atomic E-state index is 0.0840. The van der Waals surface area contributed by atoms with Crippen molar-refractivity contribution in [3.63, 3.8) is 0 Å². The molecule has 1 aliphatic heterocycles. The lowest BCUT2D eigenvalue weighted by Gasteiger charge is -2.44. The molecule has 0 amide bonds. The first-order chi connectivity index (χ1) is 8.76. The molecule has 0 aromatic carbocycles. The fourth-order valence-corrected chi connectivity index (χ4v) is 2.15. The fraction of sp³-hybridized carbons (Fsp3) is 0.909. The van der Waals surface area contributed by atoms with Gasteiger partial charge >= 0.3 is 5.97 Å². The van der Waals surface area contributed by atoms with Crippen molar-refractivity contribution in [3.8, 4) is 0 Å². The Morgan fingerprint density at radius 2 is 2.16 bits per heavy atom. The highest BCUT2D eigenvalue weighted by Gasteiger charge is 2.50. The first kappa shape index (κ1) is 16.3. The summed E-state index contributed by atoms with van der Waals surface area (Å²) in [6.45, 7) is 0.706. The summed E-state index contributed by atoms with van der Waals surface area (Å²) >= 11 is 0. The molecular weight excluding hydrogens is 258 g/mol. The van der Waals surface area contributed by atoms with Crippen LogP contribution >= 0.6 is 0 Å². The highest BCUT2D eigenvalue weighted by molar-refractivity contribution is 5.79. The number of esters is 1. The summed E-state index contributed by atoms with van der Waals surface area (Å²) in [6.07, 6.45) is -5.40. The van der Waals surface area contributed by atoms with Crippen LogP contribution in [0.3, 0.4) is 0 Å². The van der Waals surface area contributed by atoms with Crippen LogP contribution < -0.4 is 5.73 Å². The van der Waals surface area contributed by atoms with E-state index in [-0.39, 0.29) is 6.42 Å². The van der Waals surface area contributed by atoms with Crippen LogP contribution in [0.5, 0.6) is 0 Å². The van der Waals surface area contributed by atoms with E-state index in [4.69, 9.17) is 15.6 Å². The topological polar surface area (TPSA) is 142 Å². The number of aliphatic hydroxyl groups is 4. The van der Waals surface area contributed by atoms with Gasteiger partial charge in [-0.3, -0.25) is 0 Å². The van der Waals surface area contributed by atoms with Crippen molar-refractivity contribution < 1.29 is 34.7 Å². The van der Waals surface area contributed by atoms with Gasteiger partial charge < -0.3 is 35.6 Å². The molecule has 1 heterocycles. The third-order valence-electron chi connectivity index (χ3n) is 3.35. The SMILES string of the molecule is COC(=O)C1(C)CC(O)[C@@H](N)C([C@H](O)[C@H](O)CO)O1. The van der Waals surface area contributed by atoms with Gasteiger partial charge in [0.25, 0.3) is 0 Å². The van der Waals surface area contributed by atoms with E-state index in [0.717, 1.165) is 0 Å². The third-order valence-corrected chi connectivity index (χ3v) is 3.35. The maximum Gasteiger partial charge on any atom is 0.337 e. The van der Waals surface area contributed by atoms with E-state index in [1.807, 2.05) is 0 Å². The summed E-state index contributed by atoms with van der Waals surface area (Å²) in [5.74, 6) is -0.714. The molecule has 0 aliphatic carbocycles. The number of hydrogen-bond acceptors (Lipinski definition) is 8. The van der Waals surface area contributed by atoms with E-state index in [1.165, 1.54) is 14.0 Å². The molecule has 6 atom stereocenters. The van der Waals surface area contributed by atoms with Crippen LogP contribution in [-0.4, -0.2) is 76.2 Å². The minimum Gasteiger partial charge on any atom is -0.467 e. The Bertz CT molecular complexity index is 326. The molecule has 1 aliphatic rings. The number of ether oxygens (including phenoxy) is 2. The molecule has 112 valence electrons. The number of rotatable bonds is 4. The van der Waals surface area contributed by atoms with Crippen LogP contribution in [-0.2, 0) is 14.3 Å². The summed E-state index contributed by atoms with van der Waals surface area (Å²) in [7, 11) is 1.17. The Balaban J connectivity index is 2.94. The molecule has 8 heteroatoms. The van der Waals surface area contributed by atoms with Crippen molar-refractivity contribution in [1.29, 1.82) is 0 Å². The lowest BCUT2D eigenvalue weighted by Crippen LogP contribution is -2.65. The second kappa shape index (κ2) is 6.12. The van der Waals surface area contributed by atoms with Gasteiger partial charge in [0, 0.05) is 6.42 Å². The van der Waals surface area contributed by atoms with Gasteiger partial charge in [0.05, 0.1) is 25.9 Å². The van der Waals surface area contributed by atoms with Crippen LogP contribution in [0.2, 0.25) is 0 Å². The average Bonchev–Trinajstić information content (AvgIpc) is 2.40. The highest BCUT2D eigenvalue weighted by atomic mass is 16.6. The zero-order valence-corrected chi connectivity index (χ0v) is 10.9. The van der Waals surface area contributed by atoms with Crippen LogP contribution in [0, 0.1) is 0 Å². The summed E-state index contributed by atoms with van der Waals surface area (Å²) < 4.78 is 10.00. The number of carbonyl (C=O) groups excluding carboxylic acids is 1. The largest absolute Gasteiger partial charge is 0.467 e. The van der Waals surface area contributed by atoms with Crippen molar-refractivity contribution in [2.45, 2.75) is 49.4 Å². The second-order valence-electron chi connectivity index (χ2n) is 4.89. The maximum absolute atomic E-state index is 11.7. The summed E-state index contributed by atoms with van der Waals surface area (Å²) in [4.78, 5) is 11.7. The van der Waals surface area contributed by atoms with Crippen molar-refractivity contribution >= 4 is 5.97 Å². The molecular formula is C11H21NO7. The molecule has 3 unspecified atom stereocenters. The van der Waals surface area contributed by atoms with Crippen molar-refractivity contribution in [2.24, 2.45) is 5.73 Å². The Morgan fingerprint density at radius 1 is 1.58 bits per heavy atom. The molecule has 1 rings (SSSR count). The molecule has 6 N–H and O–H groups in total. The number of methoxy groups -OCH3 is 1. The predicted octanol–water partition coefficient (Wildman–Crippen LogP) is -2.89. The van der Waals surface area contributed by atoms with Gasteiger partial charge in [-0.1, -0.05) is 0 Å². The molecule has 1 saturated heterocycles. The summed E-state index contributed by atoms with van der Waals surface area (Å²) in [5, 5.41) is 37.9. The molecule has 1 fully saturated rings. The van der Waals surface area contributed by atoms with Crippen LogP contribution in [0.25, 0.3) is 0 Å². The monoisotopic (exact) mass is 279 g/mol. The standard InChI is InChI=1S/C11H21NO7/c1-11(10(17)18-2)3-5(14)7(12)9(19-11)8(16)6(15)4-13/h5-9,13-16H,3-4,12H2,1-2H3/t5?,6-,7-,8-,9?,11?/m1/s1. The Hall–Kier alpha value is -0.770. The van der Waals surface area contributed by atoms with Gasteiger partial charge in [0.2, 0.25) is 0 Å². The number of aliphatic hydroxyl groups excluding tert-OH is 4. The van der Waals surface area contributed by atoms with E-state index >= 15 is 0 Å². The molecule has 0 bridgehead atoms. The molecule has 0 radical (unpaired) electrons. The van der Waals surface area contributed by atoms with E-state index in [2.05, 4.69) is 4.74 Å². The van der Waals surface area contributed by atoms with Gasteiger partial charge in [-0.15, -0.1) is 0 Å². The zero-order valence-electron chi connectivity index (χ0n) is 10.9. The van der Waals surface area contributed by atoms with Gasteiger partial charge in [-0.25, -0.2) is 4.79 Å². The van der Waals surface area contributed by atoms with Crippen molar-refractivity contribution in [3.05, 3.63) is 0 Å². The van der Waals surface area contributed by atoms with Gasteiger partial charge in [-0.05, 0) is 6.92 Å². The van der Waals surface area contributed by atoms with E-state index in [1.54, 1.807) is 0 Å². The fourth-order valence-electron chi connectivity index (χ4n) is 2.15. The van der Waals surface area contributed by atoms with E-state index in [9.17, 15) is 20.1 Å². The molecule has 8 nitrogen and oxygen atoms in total. The Labute approximate surface area is 110 Å². The third kappa shape index (κ3) is 3.22. The van der Waals surface area contributed by atoms with Gasteiger partial charge in [0.15, 0.2) is 5.60 Å². The van der Waals surface area contributed by atoms with Crippen molar-refractivity contribution in [2.75, 3.05) is 13.7 Å². The van der Waals surface area contributed by atoms with E-state index in [0.29, 0.717) is 0 Å². The first-order valence-electron chi connectivity index (χ1n) is 5.93. The molecule has 0 saturated carbocycles. The van der Waals surface area contributed by atoms with Crippen LogP contribution in [0.1, 0.15) is 13.3 Å². The number of hydrogen-bond donors (Lipinski definition) is 5. The van der Waals surface area contributed by atoms with Gasteiger partial charge in [0.1, 0.15) is 18.3 Å². The van der Waals surface area contributed by atoms with Crippen molar-refractivity contribution in [1.82, 2.24) is 0 Å². The molecule has 0 spiro atoms. The quantitative estimate of drug-likeness (QED) is 0.345. The lowest BCUT2D eigenvalue weighted by atomic mass is 9.85. The highest BCUT2D eigenvalue weighted by Crippen LogP contribution is 2.31. The second-order valence-corrected chi connectivity index (χ2v) is 4.89. The number of carbonyl (C=O) groups is 1. The van der Waals surface area contributed by atoms with Crippen LogP contribution in [0.4, 0.5) is 0 Å².